The van der Waals surface area contributed by atoms with E-state index >= 15 is 0 Å². The van der Waals surface area contributed by atoms with Gasteiger partial charge in [-0.25, -0.2) is 0 Å². The lowest BCUT2D eigenvalue weighted by Crippen LogP contribution is -2.40. The van der Waals surface area contributed by atoms with Gasteiger partial charge in [-0.15, -0.1) is 0 Å². The van der Waals surface area contributed by atoms with Crippen LogP contribution in [0.2, 0.25) is 0 Å². The molecule has 1 aromatic heterocycles. The number of amides is 2. The van der Waals surface area contributed by atoms with E-state index < -0.39 is 0 Å². The highest BCUT2D eigenvalue weighted by atomic mass is 16.2. The zero-order valence-corrected chi connectivity index (χ0v) is 13.0. The molecule has 0 aliphatic rings. The number of aromatic nitrogens is 1. The van der Waals surface area contributed by atoms with Gasteiger partial charge >= 0.3 is 0 Å². The van der Waals surface area contributed by atoms with Crippen LogP contribution in [-0.2, 0) is 16.1 Å². The number of rotatable bonds is 8. The number of hydrogen-bond donors (Lipinski definition) is 1. The Bertz CT molecular complexity index is 448. The first kappa shape index (κ1) is 17.1. The smallest absolute Gasteiger partial charge is 0.239 e. The summed E-state index contributed by atoms with van der Waals surface area (Å²) in [7, 11) is 3.97. The molecule has 0 saturated carbocycles. The Morgan fingerprint density at radius 1 is 1.24 bits per heavy atom. The second-order valence-corrected chi connectivity index (χ2v) is 5.20. The molecule has 0 spiro atoms. The van der Waals surface area contributed by atoms with Crippen molar-refractivity contribution in [1.29, 1.82) is 0 Å². The average molecular weight is 292 g/mol. The van der Waals surface area contributed by atoms with E-state index in [0.29, 0.717) is 13.1 Å². The zero-order chi connectivity index (χ0) is 15.7. The lowest BCUT2D eigenvalue weighted by molar-refractivity contribution is -0.134. The molecule has 0 unspecified atom stereocenters. The van der Waals surface area contributed by atoms with E-state index in [1.54, 1.807) is 11.1 Å². The van der Waals surface area contributed by atoms with Gasteiger partial charge in [0.1, 0.15) is 0 Å². The van der Waals surface area contributed by atoms with Crippen molar-refractivity contribution in [2.24, 2.45) is 0 Å². The molecule has 1 rings (SSSR count). The summed E-state index contributed by atoms with van der Waals surface area (Å²) in [6.45, 7) is 3.43. The normalized spacial score (nSPS) is 10.5. The standard InChI is InChI=1S/C15H24N4O2/c1-13(20)19(10-6-9-18(2)3)12-15(21)17-11-14-7-4-5-8-16-14/h4-5,7-8H,6,9-12H2,1-3H3,(H,17,21). The minimum atomic E-state index is -0.166. The van der Waals surface area contributed by atoms with Gasteiger partial charge < -0.3 is 15.1 Å². The summed E-state index contributed by atoms with van der Waals surface area (Å²) in [6.07, 6.45) is 2.53. The van der Waals surface area contributed by atoms with Crippen molar-refractivity contribution in [3.05, 3.63) is 30.1 Å². The number of hydrogen-bond acceptors (Lipinski definition) is 4. The molecule has 0 radical (unpaired) electrons. The van der Waals surface area contributed by atoms with Crippen molar-refractivity contribution < 1.29 is 9.59 Å². The summed E-state index contributed by atoms with van der Waals surface area (Å²) in [4.78, 5) is 31.2. The lowest BCUT2D eigenvalue weighted by Gasteiger charge is -2.21. The summed E-state index contributed by atoms with van der Waals surface area (Å²) in [6, 6.07) is 5.55. The molecule has 1 heterocycles. The number of nitrogens with zero attached hydrogens (tertiary/aromatic N) is 3. The third-order valence-corrected chi connectivity index (χ3v) is 3.01. The topological polar surface area (TPSA) is 65.5 Å². The van der Waals surface area contributed by atoms with Crippen LogP contribution in [0.15, 0.2) is 24.4 Å². The first-order valence-corrected chi connectivity index (χ1v) is 7.06. The van der Waals surface area contributed by atoms with Crippen molar-refractivity contribution in [3.8, 4) is 0 Å². The molecule has 116 valence electrons. The number of nitrogens with one attached hydrogen (secondary N) is 1. The maximum absolute atomic E-state index is 11.9. The first-order valence-electron chi connectivity index (χ1n) is 7.06. The van der Waals surface area contributed by atoms with Crippen LogP contribution in [0.3, 0.4) is 0 Å². The molecule has 2 amide bonds. The molecular weight excluding hydrogens is 268 g/mol. The van der Waals surface area contributed by atoms with Gasteiger partial charge in [-0.05, 0) is 39.2 Å². The summed E-state index contributed by atoms with van der Waals surface area (Å²) in [5.74, 6) is -0.248. The number of carbonyl (C=O) groups excluding carboxylic acids is 2. The van der Waals surface area contributed by atoms with E-state index in [0.717, 1.165) is 18.7 Å². The highest BCUT2D eigenvalue weighted by Crippen LogP contribution is 1.96. The van der Waals surface area contributed by atoms with Crippen LogP contribution in [0.4, 0.5) is 0 Å². The number of pyridine rings is 1. The Balaban J connectivity index is 2.36. The molecule has 0 fully saturated rings. The highest BCUT2D eigenvalue weighted by Gasteiger charge is 2.13. The molecule has 6 heteroatoms. The fourth-order valence-corrected chi connectivity index (χ4v) is 1.85. The minimum absolute atomic E-state index is 0.0817. The van der Waals surface area contributed by atoms with Gasteiger partial charge in [-0.3, -0.25) is 14.6 Å². The van der Waals surface area contributed by atoms with E-state index in [1.165, 1.54) is 6.92 Å². The maximum atomic E-state index is 11.9. The molecule has 0 bridgehead atoms. The Hall–Kier alpha value is -1.95. The summed E-state index contributed by atoms with van der Waals surface area (Å²) >= 11 is 0. The highest BCUT2D eigenvalue weighted by molar-refractivity contribution is 5.83. The third kappa shape index (κ3) is 7.41. The fourth-order valence-electron chi connectivity index (χ4n) is 1.85. The molecule has 0 atom stereocenters. The van der Waals surface area contributed by atoms with Crippen LogP contribution >= 0.6 is 0 Å². The van der Waals surface area contributed by atoms with Crippen LogP contribution in [0, 0.1) is 0 Å². The van der Waals surface area contributed by atoms with Crippen molar-refractivity contribution >= 4 is 11.8 Å². The molecule has 1 aromatic rings. The maximum Gasteiger partial charge on any atom is 0.239 e. The van der Waals surface area contributed by atoms with Gasteiger partial charge in [0.15, 0.2) is 0 Å². The van der Waals surface area contributed by atoms with Gasteiger partial charge in [0.2, 0.25) is 11.8 Å². The minimum Gasteiger partial charge on any atom is -0.349 e. The van der Waals surface area contributed by atoms with Crippen molar-refractivity contribution in [2.45, 2.75) is 19.9 Å². The Morgan fingerprint density at radius 3 is 2.57 bits per heavy atom. The van der Waals surface area contributed by atoms with Gasteiger partial charge in [-0.2, -0.15) is 0 Å². The van der Waals surface area contributed by atoms with E-state index in [-0.39, 0.29) is 18.4 Å². The van der Waals surface area contributed by atoms with Crippen LogP contribution in [0.25, 0.3) is 0 Å². The van der Waals surface area contributed by atoms with Crippen molar-refractivity contribution in [1.82, 2.24) is 20.1 Å². The Kier molecular flexibility index (Phi) is 7.39. The molecule has 6 nitrogen and oxygen atoms in total. The molecule has 0 saturated heterocycles. The quantitative estimate of drug-likeness (QED) is 0.758. The van der Waals surface area contributed by atoms with E-state index in [1.807, 2.05) is 32.3 Å². The molecule has 21 heavy (non-hydrogen) atoms. The van der Waals surface area contributed by atoms with Crippen molar-refractivity contribution in [3.63, 3.8) is 0 Å². The van der Waals surface area contributed by atoms with E-state index in [9.17, 15) is 9.59 Å². The second-order valence-electron chi connectivity index (χ2n) is 5.20. The number of carbonyl (C=O) groups is 2. The van der Waals surface area contributed by atoms with Gasteiger partial charge in [0.25, 0.3) is 0 Å². The predicted molar refractivity (Wildman–Crippen MR) is 81.5 cm³/mol. The average Bonchev–Trinajstić information content (AvgIpc) is 2.44. The van der Waals surface area contributed by atoms with Gasteiger partial charge in [0, 0.05) is 19.7 Å². The monoisotopic (exact) mass is 292 g/mol. The van der Waals surface area contributed by atoms with Crippen LogP contribution in [0.5, 0.6) is 0 Å². The SMILES string of the molecule is CC(=O)N(CCCN(C)C)CC(=O)NCc1ccccn1. The van der Waals surface area contributed by atoms with Crippen molar-refractivity contribution in [2.75, 3.05) is 33.7 Å². The van der Waals surface area contributed by atoms with Gasteiger partial charge in [0.05, 0.1) is 18.8 Å². The van der Waals surface area contributed by atoms with E-state index in [2.05, 4.69) is 15.2 Å². The summed E-state index contributed by atoms with van der Waals surface area (Å²) in [5, 5.41) is 2.78. The molecule has 1 N–H and O–H groups in total. The first-order chi connectivity index (χ1) is 9.99. The largest absolute Gasteiger partial charge is 0.349 e. The summed E-state index contributed by atoms with van der Waals surface area (Å²) in [5.41, 5.74) is 0.799. The van der Waals surface area contributed by atoms with Crippen LogP contribution in [0.1, 0.15) is 19.0 Å². The molecule has 0 aliphatic heterocycles. The molecular formula is C15H24N4O2. The van der Waals surface area contributed by atoms with E-state index in [4.69, 9.17) is 0 Å². The molecule has 0 aliphatic carbocycles. The van der Waals surface area contributed by atoms with Crippen LogP contribution < -0.4 is 5.32 Å². The molecule has 0 aromatic carbocycles. The van der Waals surface area contributed by atoms with Gasteiger partial charge in [-0.1, -0.05) is 6.07 Å². The second kappa shape index (κ2) is 9.07. The zero-order valence-electron chi connectivity index (χ0n) is 13.0. The Labute approximate surface area is 126 Å². The predicted octanol–water partition coefficient (Wildman–Crippen LogP) is 0.498. The third-order valence-electron chi connectivity index (χ3n) is 3.01. The summed E-state index contributed by atoms with van der Waals surface area (Å²) < 4.78 is 0. The Morgan fingerprint density at radius 2 is 2.00 bits per heavy atom. The fraction of sp³-hybridized carbons (Fsp3) is 0.533. The lowest BCUT2D eigenvalue weighted by atomic mass is 10.3. The van der Waals surface area contributed by atoms with Crippen LogP contribution in [-0.4, -0.2) is 60.3 Å².